The maximum absolute atomic E-state index is 13.5. The molecule has 0 saturated carbocycles. The molecule has 1 amide bonds. The van der Waals surface area contributed by atoms with Gasteiger partial charge in [0.15, 0.2) is 0 Å². The summed E-state index contributed by atoms with van der Waals surface area (Å²) in [6.45, 7) is 3.86. The molecule has 1 aromatic carbocycles. The minimum Gasteiger partial charge on any atom is -0.368 e. The molecule has 0 aliphatic rings. The molecule has 1 rings (SSSR count). The Bertz CT molecular complexity index is 480. The molecule has 1 atom stereocenters. The zero-order valence-corrected chi connectivity index (χ0v) is 10.4. The molecule has 4 nitrogen and oxygen atoms in total. The first kappa shape index (κ1) is 14.1. The highest BCUT2D eigenvalue weighted by molar-refractivity contribution is 5.80. The Hall–Kier alpha value is -1.93. The summed E-state index contributed by atoms with van der Waals surface area (Å²) < 4.78 is 13.5. The van der Waals surface area contributed by atoms with E-state index in [1.807, 2.05) is 19.9 Å². The predicted octanol–water partition coefficient (Wildman–Crippen LogP) is 1.30. The number of nitrogens with two attached hydrogens (primary N) is 1. The molecule has 0 radical (unpaired) electrons. The molecule has 0 aromatic heterocycles. The summed E-state index contributed by atoms with van der Waals surface area (Å²) in [5.74, 6) is -0.861. The molecule has 0 aliphatic carbocycles. The Labute approximate surface area is 106 Å². The Balaban J connectivity index is 2.79. The number of amides is 1. The summed E-state index contributed by atoms with van der Waals surface area (Å²) in [4.78, 5) is 11.2. The monoisotopic (exact) mass is 249 g/mol. The van der Waals surface area contributed by atoms with Crippen molar-refractivity contribution in [3.63, 3.8) is 0 Å². The van der Waals surface area contributed by atoms with Gasteiger partial charge in [-0.2, -0.15) is 5.26 Å². The van der Waals surface area contributed by atoms with Crippen LogP contribution in [0.25, 0.3) is 0 Å². The fourth-order valence-corrected chi connectivity index (χ4v) is 1.66. The topological polar surface area (TPSA) is 78.9 Å². The molecule has 0 fully saturated rings. The van der Waals surface area contributed by atoms with Crippen molar-refractivity contribution in [2.75, 3.05) is 0 Å². The van der Waals surface area contributed by atoms with Gasteiger partial charge in [0, 0.05) is 12.1 Å². The first-order valence-corrected chi connectivity index (χ1v) is 5.67. The van der Waals surface area contributed by atoms with Crippen LogP contribution in [0, 0.1) is 23.1 Å². The van der Waals surface area contributed by atoms with Crippen LogP contribution in [0.3, 0.4) is 0 Å². The van der Waals surface area contributed by atoms with Crippen molar-refractivity contribution < 1.29 is 9.18 Å². The van der Waals surface area contributed by atoms with Gasteiger partial charge in [0.1, 0.15) is 5.82 Å². The van der Waals surface area contributed by atoms with Crippen molar-refractivity contribution in [2.24, 2.45) is 11.7 Å². The zero-order chi connectivity index (χ0) is 13.7. The van der Waals surface area contributed by atoms with E-state index in [2.05, 4.69) is 5.32 Å². The van der Waals surface area contributed by atoms with Gasteiger partial charge in [0.25, 0.3) is 0 Å². The number of benzene rings is 1. The summed E-state index contributed by atoms with van der Waals surface area (Å²) in [6, 6.07) is 5.53. The van der Waals surface area contributed by atoms with E-state index in [0.717, 1.165) is 0 Å². The number of nitriles is 1. The molecular formula is C13H16FN3O. The van der Waals surface area contributed by atoms with Crippen LogP contribution in [0.1, 0.15) is 25.0 Å². The molecule has 1 unspecified atom stereocenters. The number of hydrogen-bond acceptors (Lipinski definition) is 3. The van der Waals surface area contributed by atoms with Crippen molar-refractivity contribution >= 4 is 5.91 Å². The van der Waals surface area contributed by atoms with E-state index < -0.39 is 17.8 Å². The normalized spacial score (nSPS) is 12.2. The molecule has 0 heterocycles. The van der Waals surface area contributed by atoms with Gasteiger partial charge in [-0.3, -0.25) is 4.79 Å². The first-order chi connectivity index (χ1) is 8.45. The smallest absolute Gasteiger partial charge is 0.234 e. The van der Waals surface area contributed by atoms with Gasteiger partial charge in [-0.05, 0) is 24.1 Å². The SMILES string of the molecule is CC(C)C(NCc1cc(C#N)ccc1F)C(N)=O. The van der Waals surface area contributed by atoms with Gasteiger partial charge in [0.2, 0.25) is 5.91 Å². The molecule has 5 heteroatoms. The average molecular weight is 249 g/mol. The standard InChI is InChI=1S/C13H16FN3O/c1-8(2)12(13(16)18)17-7-10-5-9(6-15)3-4-11(10)14/h3-5,8,12,17H,7H2,1-2H3,(H2,16,18). The van der Waals surface area contributed by atoms with Crippen molar-refractivity contribution in [3.05, 3.63) is 35.1 Å². The second-order valence-corrected chi connectivity index (χ2v) is 4.42. The van der Waals surface area contributed by atoms with Crippen LogP contribution < -0.4 is 11.1 Å². The van der Waals surface area contributed by atoms with Crippen LogP contribution in [0.5, 0.6) is 0 Å². The summed E-state index contributed by atoms with van der Waals surface area (Å²) in [6.07, 6.45) is 0. The van der Waals surface area contributed by atoms with Gasteiger partial charge in [0.05, 0.1) is 17.7 Å². The van der Waals surface area contributed by atoms with Crippen molar-refractivity contribution in [1.82, 2.24) is 5.32 Å². The molecule has 0 aliphatic heterocycles. The van der Waals surface area contributed by atoms with Gasteiger partial charge in [-0.25, -0.2) is 4.39 Å². The largest absolute Gasteiger partial charge is 0.368 e. The Kier molecular flexibility index (Phi) is 4.81. The maximum atomic E-state index is 13.5. The Morgan fingerprint density at radius 2 is 2.22 bits per heavy atom. The lowest BCUT2D eigenvalue weighted by atomic mass is 10.0. The number of carbonyl (C=O) groups is 1. The van der Waals surface area contributed by atoms with Crippen LogP contribution in [-0.4, -0.2) is 11.9 Å². The van der Waals surface area contributed by atoms with E-state index >= 15 is 0 Å². The maximum Gasteiger partial charge on any atom is 0.234 e. The molecule has 3 N–H and O–H groups in total. The Morgan fingerprint density at radius 3 is 2.72 bits per heavy atom. The minimum absolute atomic E-state index is 0.0183. The fourth-order valence-electron chi connectivity index (χ4n) is 1.66. The molecule has 0 spiro atoms. The number of rotatable bonds is 5. The summed E-state index contributed by atoms with van der Waals surface area (Å²) in [5, 5.41) is 11.6. The lowest BCUT2D eigenvalue weighted by Crippen LogP contribution is -2.44. The lowest BCUT2D eigenvalue weighted by molar-refractivity contribution is -0.121. The lowest BCUT2D eigenvalue weighted by Gasteiger charge is -2.19. The first-order valence-electron chi connectivity index (χ1n) is 5.67. The minimum atomic E-state index is -0.518. The number of hydrogen-bond donors (Lipinski definition) is 2. The van der Waals surface area contributed by atoms with Crippen LogP contribution in [0.2, 0.25) is 0 Å². The van der Waals surface area contributed by atoms with E-state index in [0.29, 0.717) is 11.1 Å². The molecule has 1 aromatic rings. The van der Waals surface area contributed by atoms with E-state index in [1.54, 1.807) is 0 Å². The highest BCUT2D eigenvalue weighted by Gasteiger charge is 2.19. The van der Waals surface area contributed by atoms with Crippen LogP contribution in [0.4, 0.5) is 4.39 Å². The molecule has 96 valence electrons. The zero-order valence-electron chi connectivity index (χ0n) is 10.4. The number of nitrogens with zero attached hydrogens (tertiary/aromatic N) is 1. The third kappa shape index (κ3) is 3.54. The van der Waals surface area contributed by atoms with Gasteiger partial charge >= 0.3 is 0 Å². The molecule has 0 saturated heterocycles. The van der Waals surface area contributed by atoms with E-state index in [-0.39, 0.29) is 12.5 Å². The quantitative estimate of drug-likeness (QED) is 0.825. The second-order valence-electron chi connectivity index (χ2n) is 4.42. The predicted molar refractivity (Wildman–Crippen MR) is 65.8 cm³/mol. The van der Waals surface area contributed by atoms with Crippen LogP contribution in [0.15, 0.2) is 18.2 Å². The van der Waals surface area contributed by atoms with Gasteiger partial charge in [-0.1, -0.05) is 13.8 Å². The highest BCUT2D eigenvalue weighted by atomic mass is 19.1. The molecule has 18 heavy (non-hydrogen) atoms. The summed E-state index contributed by atoms with van der Waals surface area (Å²) >= 11 is 0. The average Bonchev–Trinajstić information content (AvgIpc) is 2.30. The summed E-state index contributed by atoms with van der Waals surface area (Å²) in [5.41, 5.74) is 5.98. The third-order valence-electron chi connectivity index (χ3n) is 2.66. The number of primary amides is 1. The van der Waals surface area contributed by atoms with Gasteiger partial charge < -0.3 is 11.1 Å². The van der Waals surface area contributed by atoms with Crippen LogP contribution >= 0.6 is 0 Å². The third-order valence-corrected chi connectivity index (χ3v) is 2.66. The molecule has 0 bridgehead atoms. The second kappa shape index (κ2) is 6.12. The number of carbonyl (C=O) groups excluding carboxylic acids is 1. The summed E-state index contributed by atoms with van der Waals surface area (Å²) in [7, 11) is 0. The van der Waals surface area contributed by atoms with E-state index in [9.17, 15) is 9.18 Å². The fraction of sp³-hybridized carbons (Fsp3) is 0.385. The van der Waals surface area contributed by atoms with Crippen molar-refractivity contribution in [3.8, 4) is 6.07 Å². The Morgan fingerprint density at radius 1 is 1.56 bits per heavy atom. The molecular weight excluding hydrogens is 233 g/mol. The van der Waals surface area contributed by atoms with Crippen molar-refractivity contribution in [1.29, 1.82) is 5.26 Å². The van der Waals surface area contributed by atoms with Gasteiger partial charge in [-0.15, -0.1) is 0 Å². The van der Waals surface area contributed by atoms with E-state index in [4.69, 9.17) is 11.0 Å². The number of halogens is 1. The number of nitrogens with one attached hydrogen (secondary N) is 1. The van der Waals surface area contributed by atoms with Crippen molar-refractivity contribution in [2.45, 2.75) is 26.4 Å². The van der Waals surface area contributed by atoms with Crippen LogP contribution in [-0.2, 0) is 11.3 Å². The highest BCUT2D eigenvalue weighted by Crippen LogP contribution is 2.11. The van der Waals surface area contributed by atoms with E-state index in [1.165, 1.54) is 18.2 Å².